The van der Waals surface area contributed by atoms with Crippen molar-refractivity contribution in [2.24, 2.45) is 0 Å². The quantitative estimate of drug-likeness (QED) is 0.628. The first kappa shape index (κ1) is 22.6. The zero-order valence-corrected chi connectivity index (χ0v) is 19.2. The van der Waals surface area contributed by atoms with Crippen molar-refractivity contribution in [3.05, 3.63) is 88.1 Å². The predicted molar refractivity (Wildman–Crippen MR) is 128 cm³/mol. The van der Waals surface area contributed by atoms with E-state index < -0.39 is 0 Å². The second-order valence-corrected chi connectivity index (χ2v) is 8.51. The van der Waals surface area contributed by atoms with Gasteiger partial charge >= 0.3 is 5.69 Å². The van der Waals surface area contributed by atoms with Gasteiger partial charge in [-0.05, 0) is 62.6 Å². The Labute approximate surface area is 193 Å². The van der Waals surface area contributed by atoms with Crippen LogP contribution in [0.4, 0.5) is 0 Å². The Bertz CT molecular complexity index is 1160. The summed E-state index contributed by atoms with van der Waals surface area (Å²) in [6, 6.07) is 16.6. The van der Waals surface area contributed by atoms with Gasteiger partial charge in [0.1, 0.15) is 0 Å². The predicted octanol–water partition coefficient (Wildman–Crippen LogP) is 3.63. The molecule has 7 heteroatoms. The van der Waals surface area contributed by atoms with Crippen molar-refractivity contribution in [3.8, 4) is 5.69 Å². The Morgan fingerprint density at radius 2 is 1.67 bits per heavy atom. The Balaban J connectivity index is 1.45. The molecule has 0 aliphatic carbocycles. The van der Waals surface area contributed by atoms with Gasteiger partial charge in [-0.3, -0.25) is 14.2 Å². The summed E-state index contributed by atoms with van der Waals surface area (Å²) in [7, 11) is 0. The lowest BCUT2D eigenvalue weighted by molar-refractivity contribution is 0.0519. The summed E-state index contributed by atoms with van der Waals surface area (Å²) in [6.07, 6.45) is 4.06. The molecule has 1 aliphatic heterocycles. The van der Waals surface area contributed by atoms with Crippen LogP contribution in [0.2, 0.25) is 0 Å². The molecular formula is C26H30N4O3. The molecule has 172 valence electrons. The molecule has 0 unspecified atom stereocenters. The van der Waals surface area contributed by atoms with E-state index in [0.717, 1.165) is 30.6 Å². The number of aryl methyl sites for hydroxylation is 1. The summed E-state index contributed by atoms with van der Waals surface area (Å²) in [4.78, 5) is 44.7. The van der Waals surface area contributed by atoms with Crippen molar-refractivity contribution in [2.45, 2.75) is 39.2 Å². The number of nitrogens with one attached hydrogen (secondary N) is 1. The zero-order valence-electron chi connectivity index (χ0n) is 19.2. The van der Waals surface area contributed by atoms with E-state index >= 15 is 0 Å². The number of amides is 2. The van der Waals surface area contributed by atoms with E-state index in [1.807, 2.05) is 47.1 Å². The third-order valence-electron chi connectivity index (χ3n) is 6.27. The molecule has 2 aromatic carbocycles. The van der Waals surface area contributed by atoms with Gasteiger partial charge in [-0.25, -0.2) is 4.79 Å². The number of hydrogen-bond donors (Lipinski definition) is 1. The van der Waals surface area contributed by atoms with Crippen molar-refractivity contribution in [3.63, 3.8) is 0 Å². The molecule has 1 fully saturated rings. The minimum atomic E-state index is -0.198. The molecule has 2 heterocycles. The molecule has 1 aromatic heterocycles. The molecule has 33 heavy (non-hydrogen) atoms. The van der Waals surface area contributed by atoms with Crippen LogP contribution >= 0.6 is 0 Å². The molecule has 3 aromatic rings. The van der Waals surface area contributed by atoms with Crippen LogP contribution < -0.4 is 5.69 Å². The van der Waals surface area contributed by atoms with E-state index in [2.05, 4.69) is 11.9 Å². The first-order chi connectivity index (χ1) is 16.0. The number of carbonyl (C=O) groups is 2. The third-order valence-corrected chi connectivity index (χ3v) is 6.27. The molecule has 4 rings (SSSR count). The van der Waals surface area contributed by atoms with E-state index in [1.54, 1.807) is 35.0 Å². The van der Waals surface area contributed by atoms with Gasteiger partial charge in [-0.15, -0.1) is 0 Å². The smallest absolute Gasteiger partial charge is 0.330 e. The van der Waals surface area contributed by atoms with Gasteiger partial charge in [0.15, 0.2) is 0 Å². The third kappa shape index (κ3) is 4.77. The van der Waals surface area contributed by atoms with Crippen LogP contribution in [0.15, 0.2) is 65.6 Å². The number of piperidine rings is 1. The van der Waals surface area contributed by atoms with Gasteiger partial charge in [0.25, 0.3) is 11.8 Å². The number of imidazole rings is 1. The molecule has 0 atom stereocenters. The molecule has 0 radical (unpaired) electrons. The fourth-order valence-electron chi connectivity index (χ4n) is 4.53. The first-order valence-electron chi connectivity index (χ1n) is 11.5. The summed E-state index contributed by atoms with van der Waals surface area (Å²) < 4.78 is 1.58. The molecule has 0 spiro atoms. The van der Waals surface area contributed by atoms with E-state index in [4.69, 9.17) is 0 Å². The summed E-state index contributed by atoms with van der Waals surface area (Å²) in [5, 5.41) is 0. The second-order valence-electron chi connectivity index (χ2n) is 8.51. The van der Waals surface area contributed by atoms with Crippen molar-refractivity contribution >= 4 is 11.8 Å². The average Bonchev–Trinajstić information content (AvgIpc) is 3.20. The molecule has 7 nitrogen and oxygen atoms in total. The van der Waals surface area contributed by atoms with Gasteiger partial charge < -0.3 is 14.8 Å². The van der Waals surface area contributed by atoms with Crippen molar-refractivity contribution in [1.29, 1.82) is 0 Å². The van der Waals surface area contributed by atoms with E-state index in [1.165, 1.54) is 0 Å². The highest BCUT2D eigenvalue weighted by atomic mass is 16.2. The fourth-order valence-corrected chi connectivity index (χ4v) is 4.53. The zero-order chi connectivity index (χ0) is 23.4. The number of benzene rings is 2. The van der Waals surface area contributed by atoms with Crippen molar-refractivity contribution < 1.29 is 9.59 Å². The van der Waals surface area contributed by atoms with Gasteiger partial charge in [0.05, 0.1) is 5.69 Å². The number of rotatable bonds is 6. The lowest BCUT2D eigenvalue weighted by Crippen LogP contribution is -2.49. The van der Waals surface area contributed by atoms with Crippen LogP contribution in [0.25, 0.3) is 5.69 Å². The number of carbonyl (C=O) groups excluding carboxylic acids is 2. The maximum atomic E-state index is 13.4. The van der Waals surface area contributed by atoms with E-state index in [9.17, 15) is 14.4 Å². The summed E-state index contributed by atoms with van der Waals surface area (Å²) in [6.45, 7) is 5.88. The minimum absolute atomic E-state index is 0.00521. The molecule has 1 saturated heterocycles. The Morgan fingerprint density at radius 3 is 2.24 bits per heavy atom. The maximum Gasteiger partial charge on any atom is 0.330 e. The average molecular weight is 447 g/mol. The van der Waals surface area contributed by atoms with E-state index in [0.29, 0.717) is 30.8 Å². The van der Waals surface area contributed by atoms with Crippen LogP contribution in [-0.4, -0.2) is 56.8 Å². The number of aromatic nitrogens is 2. The number of nitrogens with zero attached hydrogens (tertiary/aromatic N) is 3. The van der Waals surface area contributed by atoms with Crippen LogP contribution in [0.3, 0.4) is 0 Å². The highest BCUT2D eigenvalue weighted by Crippen LogP contribution is 2.22. The second kappa shape index (κ2) is 9.90. The SMILES string of the molecule is CCCN(C(=O)c1ccc(-n2c(C)c[nH]c2=O)cc1)C1CCN(C(=O)c2ccccc2)CC1. The van der Waals surface area contributed by atoms with Gasteiger partial charge in [0, 0.05) is 48.7 Å². The highest BCUT2D eigenvalue weighted by molar-refractivity contribution is 5.95. The topological polar surface area (TPSA) is 78.4 Å². The standard InChI is InChI=1S/C26H30N4O3/c1-3-15-29(22-13-16-28(17-14-22)24(31)20-7-5-4-6-8-20)25(32)21-9-11-23(12-10-21)30-19(2)18-27-26(30)33/h4-12,18,22H,3,13-17H2,1-2H3,(H,27,33). The molecule has 0 bridgehead atoms. The largest absolute Gasteiger partial charge is 0.338 e. The Kier molecular flexibility index (Phi) is 6.77. The lowest BCUT2D eigenvalue weighted by Gasteiger charge is -2.38. The van der Waals surface area contributed by atoms with E-state index in [-0.39, 0.29) is 23.5 Å². The monoisotopic (exact) mass is 446 g/mol. The number of hydrogen-bond acceptors (Lipinski definition) is 3. The van der Waals surface area contributed by atoms with Crippen molar-refractivity contribution in [1.82, 2.24) is 19.4 Å². The fraction of sp³-hybridized carbons (Fsp3) is 0.346. The molecule has 2 amide bonds. The summed E-state index contributed by atoms with van der Waals surface area (Å²) in [5.74, 6) is 0.0441. The number of H-pyrrole nitrogens is 1. The van der Waals surface area contributed by atoms with Gasteiger partial charge in [0.2, 0.25) is 0 Å². The van der Waals surface area contributed by atoms with Crippen molar-refractivity contribution in [2.75, 3.05) is 19.6 Å². The van der Waals surface area contributed by atoms with Gasteiger partial charge in [-0.1, -0.05) is 25.1 Å². The first-order valence-corrected chi connectivity index (χ1v) is 11.5. The molecule has 1 N–H and O–H groups in total. The highest BCUT2D eigenvalue weighted by Gasteiger charge is 2.30. The van der Waals surface area contributed by atoms with Crippen LogP contribution in [0.5, 0.6) is 0 Å². The summed E-state index contributed by atoms with van der Waals surface area (Å²) in [5.41, 5.74) is 2.65. The van der Waals surface area contributed by atoms with Gasteiger partial charge in [-0.2, -0.15) is 0 Å². The lowest BCUT2D eigenvalue weighted by atomic mass is 10.0. The molecule has 0 saturated carbocycles. The van der Waals surface area contributed by atoms with Crippen LogP contribution in [-0.2, 0) is 0 Å². The molecular weight excluding hydrogens is 416 g/mol. The minimum Gasteiger partial charge on any atom is -0.338 e. The Morgan fingerprint density at radius 1 is 1.00 bits per heavy atom. The number of likely N-dealkylation sites (tertiary alicyclic amines) is 1. The van der Waals surface area contributed by atoms with Crippen LogP contribution in [0, 0.1) is 6.92 Å². The normalized spacial score (nSPS) is 14.3. The maximum absolute atomic E-state index is 13.4. The molecule has 1 aliphatic rings. The van der Waals surface area contributed by atoms with Crippen LogP contribution in [0.1, 0.15) is 52.6 Å². The number of aromatic amines is 1. The Hall–Kier alpha value is -3.61. The summed E-state index contributed by atoms with van der Waals surface area (Å²) >= 11 is 0.